The molecule has 0 aliphatic rings. The van der Waals surface area contributed by atoms with Gasteiger partial charge in [0.25, 0.3) is 5.91 Å². The van der Waals surface area contributed by atoms with E-state index in [0.717, 1.165) is 0 Å². The van der Waals surface area contributed by atoms with E-state index in [9.17, 15) is 9.18 Å². The number of carbonyl (C=O) groups excluding carboxylic acids is 1. The molecule has 5 nitrogen and oxygen atoms in total. The number of halogens is 1. The fraction of sp³-hybridized carbons (Fsp3) is 0.222. The van der Waals surface area contributed by atoms with Crippen molar-refractivity contribution in [2.75, 3.05) is 13.7 Å². The molecule has 1 amide bonds. The number of amides is 1. The molecular formula is C18H19FN2O3. The Hall–Kier alpha value is -2.89. The molecule has 0 saturated heterocycles. The van der Waals surface area contributed by atoms with Crippen molar-refractivity contribution in [1.82, 2.24) is 5.32 Å². The second kappa shape index (κ2) is 8.67. The Kier molecular flexibility index (Phi) is 6.31. The van der Waals surface area contributed by atoms with Gasteiger partial charge in [-0.25, -0.2) is 4.39 Å². The lowest BCUT2D eigenvalue weighted by molar-refractivity contribution is -0.114. The number of oxime groups is 1. The highest BCUT2D eigenvalue weighted by atomic mass is 19.1. The van der Waals surface area contributed by atoms with E-state index in [4.69, 9.17) is 9.57 Å². The largest absolute Gasteiger partial charge is 0.486 e. The third kappa shape index (κ3) is 4.32. The summed E-state index contributed by atoms with van der Waals surface area (Å²) in [6.45, 7) is 2.38. The first-order valence-corrected chi connectivity index (χ1v) is 7.52. The van der Waals surface area contributed by atoms with Gasteiger partial charge in [-0.3, -0.25) is 4.79 Å². The second-order valence-corrected chi connectivity index (χ2v) is 4.86. The zero-order valence-corrected chi connectivity index (χ0v) is 13.6. The van der Waals surface area contributed by atoms with E-state index in [1.807, 2.05) is 13.0 Å². The van der Waals surface area contributed by atoms with Crippen molar-refractivity contribution in [2.24, 2.45) is 5.16 Å². The van der Waals surface area contributed by atoms with Gasteiger partial charge in [0.1, 0.15) is 13.7 Å². The normalized spacial score (nSPS) is 11.0. The molecule has 6 heteroatoms. The Morgan fingerprint density at radius 2 is 1.88 bits per heavy atom. The second-order valence-electron chi connectivity index (χ2n) is 4.86. The standard InChI is InChI=1S/C18H19FN2O3/c1-3-20-18(22)17(21-23-2)14-9-5-4-8-13(14)12-24-16-11-7-6-10-15(16)19/h4-11H,3,12H2,1-2H3,(H,20,22)/b21-17+. The third-order valence-electron chi connectivity index (χ3n) is 3.23. The first kappa shape index (κ1) is 17.5. The zero-order chi connectivity index (χ0) is 17.4. The van der Waals surface area contributed by atoms with Crippen LogP contribution in [-0.4, -0.2) is 25.3 Å². The van der Waals surface area contributed by atoms with Gasteiger partial charge in [0.2, 0.25) is 0 Å². The molecular weight excluding hydrogens is 311 g/mol. The predicted octanol–water partition coefficient (Wildman–Crippen LogP) is 2.89. The summed E-state index contributed by atoms with van der Waals surface area (Å²) in [5.74, 6) is -0.641. The van der Waals surface area contributed by atoms with Gasteiger partial charge in [-0.15, -0.1) is 0 Å². The van der Waals surface area contributed by atoms with E-state index in [2.05, 4.69) is 10.5 Å². The number of ether oxygens (including phenoxy) is 1. The van der Waals surface area contributed by atoms with Crippen LogP contribution in [0.4, 0.5) is 4.39 Å². The Labute approximate surface area is 140 Å². The summed E-state index contributed by atoms with van der Waals surface area (Å²) in [4.78, 5) is 17.0. The third-order valence-corrected chi connectivity index (χ3v) is 3.23. The highest BCUT2D eigenvalue weighted by Crippen LogP contribution is 2.19. The molecule has 0 unspecified atom stereocenters. The molecule has 0 heterocycles. The molecule has 0 spiro atoms. The quantitative estimate of drug-likeness (QED) is 0.627. The summed E-state index contributed by atoms with van der Waals surface area (Å²) >= 11 is 0. The minimum absolute atomic E-state index is 0.0965. The van der Waals surface area contributed by atoms with Gasteiger partial charge in [-0.2, -0.15) is 0 Å². The lowest BCUT2D eigenvalue weighted by Crippen LogP contribution is -2.32. The van der Waals surface area contributed by atoms with Crippen molar-refractivity contribution in [2.45, 2.75) is 13.5 Å². The average molecular weight is 330 g/mol. The van der Waals surface area contributed by atoms with E-state index in [-0.39, 0.29) is 24.0 Å². The van der Waals surface area contributed by atoms with E-state index < -0.39 is 5.82 Å². The van der Waals surface area contributed by atoms with E-state index in [1.54, 1.807) is 36.4 Å². The lowest BCUT2D eigenvalue weighted by Gasteiger charge is -2.12. The fourth-order valence-electron chi connectivity index (χ4n) is 2.14. The van der Waals surface area contributed by atoms with Crippen LogP contribution in [0.3, 0.4) is 0 Å². The monoisotopic (exact) mass is 330 g/mol. The first-order chi connectivity index (χ1) is 11.7. The molecule has 2 aromatic carbocycles. The summed E-state index contributed by atoms with van der Waals surface area (Å²) in [7, 11) is 1.37. The molecule has 2 rings (SSSR count). The Balaban J connectivity index is 2.27. The Morgan fingerprint density at radius 3 is 2.58 bits per heavy atom. The van der Waals surface area contributed by atoms with Gasteiger partial charge < -0.3 is 14.9 Å². The summed E-state index contributed by atoms with van der Waals surface area (Å²) in [6.07, 6.45) is 0. The van der Waals surface area contributed by atoms with Crippen LogP contribution in [0.15, 0.2) is 53.7 Å². The van der Waals surface area contributed by atoms with Crippen molar-refractivity contribution in [3.63, 3.8) is 0 Å². The van der Waals surface area contributed by atoms with Gasteiger partial charge in [-0.1, -0.05) is 41.6 Å². The molecule has 2 aromatic rings. The van der Waals surface area contributed by atoms with Crippen molar-refractivity contribution < 1.29 is 18.8 Å². The van der Waals surface area contributed by atoms with Crippen LogP contribution in [0, 0.1) is 5.82 Å². The summed E-state index contributed by atoms with van der Waals surface area (Å²) in [5, 5.41) is 6.51. The number of carbonyl (C=O) groups is 1. The summed E-state index contributed by atoms with van der Waals surface area (Å²) < 4.78 is 19.2. The van der Waals surface area contributed by atoms with Crippen LogP contribution < -0.4 is 10.1 Å². The predicted molar refractivity (Wildman–Crippen MR) is 89.4 cm³/mol. The van der Waals surface area contributed by atoms with Gasteiger partial charge in [0, 0.05) is 12.1 Å². The number of para-hydroxylation sites is 1. The number of nitrogens with zero attached hydrogens (tertiary/aromatic N) is 1. The minimum Gasteiger partial charge on any atom is -0.486 e. The molecule has 0 aliphatic heterocycles. The van der Waals surface area contributed by atoms with Crippen LogP contribution in [-0.2, 0) is 16.2 Å². The van der Waals surface area contributed by atoms with Crippen molar-refractivity contribution in [1.29, 1.82) is 0 Å². The minimum atomic E-state index is -0.440. The van der Waals surface area contributed by atoms with Gasteiger partial charge in [-0.05, 0) is 24.6 Å². The molecule has 126 valence electrons. The number of hydrogen-bond donors (Lipinski definition) is 1. The molecule has 0 bridgehead atoms. The van der Waals surface area contributed by atoms with Crippen LogP contribution in [0.25, 0.3) is 0 Å². The maximum atomic E-state index is 13.7. The lowest BCUT2D eigenvalue weighted by atomic mass is 10.0. The summed E-state index contributed by atoms with van der Waals surface area (Å²) in [5.41, 5.74) is 1.41. The highest BCUT2D eigenvalue weighted by molar-refractivity contribution is 6.45. The van der Waals surface area contributed by atoms with Crippen molar-refractivity contribution in [3.8, 4) is 5.75 Å². The maximum absolute atomic E-state index is 13.7. The van der Waals surface area contributed by atoms with Crippen molar-refractivity contribution in [3.05, 3.63) is 65.5 Å². The smallest absolute Gasteiger partial charge is 0.273 e. The van der Waals surface area contributed by atoms with Crippen LogP contribution in [0.5, 0.6) is 5.75 Å². The van der Waals surface area contributed by atoms with Crippen LogP contribution >= 0.6 is 0 Å². The number of benzene rings is 2. The highest BCUT2D eigenvalue weighted by Gasteiger charge is 2.18. The molecule has 0 aliphatic carbocycles. The molecule has 24 heavy (non-hydrogen) atoms. The molecule has 0 radical (unpaired) electrons. The fourth-order valence-corrected chi connectivity index (χ4v) is 2.14. The van der Waals surface area contributed by atoms with E-state index in [1.165, 1.54) is 13.2 Å². The number of rotatable bonds is 7. The Bertz CT molecular complexity index is 732. The molecule has 0 atom stereocenters. The van der Waals surface area contributed by atoms with Gasteiger partial charge >= 0.3 is 0 Å². The topological polar surface area (TPSA) is 59.9 Å². The van der Waals surface area contributed by atoms with Crippen LogP contribution in [0.2, 0.25) is 0 Å². The van der Waals surface area contributed by atoms with E-state index >= 15 is 0 Å². The molecule has 0 aromatic heterocycles. The first-order valence-electron chi connectivity index (χ1n) is 7.52. The molecule has 0 saturated carbocycles. The molecule has 1 N–H and O–H groups in total. The zero-order valence-electron chi connectivity index (χ0n) is 13.6. The van der Waals surface area contributed by atoms with Crippen LogP contribution in [0.1, 0.15) is 18.1 Å². The molecule has 0 fully saturated rings. The SMILES string of the molecule is CCNC(=O)/C(=N/OC)c1ccccc1COc1ccccc1F. The van der Waals surface area contributed by atoms with Crippen molar-refractivity contribution >= 4 is 11.6 Å². The number of hydrogen-bond acceptors (Lipinski definition) is 4. The Morgan fingerprint density at radius 1 is 1.17 bits per heavy atom. The van der Waals surface area contributed by atoms with Gasteiger partial charge in [0.05, 0.1) is 0 Å². The number of likely N-dealkylation sites (N-methyl/N-ethyl adjacent to an activating group) is 1. The number of nitrogens with one attached hydrogen (secondary N) is 1. The maximum Gasteiger partial charge on any atom is 0.273 e. The average Bonchev–Trinajstić information content (AvgIpc) is 2.59. The summed E-state index contributed by atoms with van der Waals surface area (Å²) in [6, 6.07) is 13.3. The van der Waals surface area contributed by atoms with E-state index in [0.29, 0.717) is 17.7 Å². The van der Waals surface area contributed by atoms with Gasteiger partial charge in [0.15, 0.2) is 17.3 Å².